The third kappa shape index (κ3) is 10.5. The van der Waals surface area contributed by atoms with Crippen molar-refractivity contribution in [3.05, 3.63) is 60.7 Å². The van der Waals surface area contributed by atoms with E-state index < -0.39 is 10.4 Å². The number of hydrogen-bond acceptors (Lipinski definition) is 6. The summed E-state index contributed by atoms with van der Waals surface area (Å²) < 4.78 is 31.6. The van der Waals surface area contributed by atoms with Crippen LogP contribution in [-0.2, 0) is 10.4 Å². The van der Waals surface area contributed by atoms with Gasteiger partial charge in [0, 0.05) is 63.7 Å². The summed E-state index contributed by atoms with van der Waals surface area (Å²) in [6.07, 6.45) is 0. The maximum atomic E-state index is 8.74. The van der Waals surface area contributed by atoms with Gasteiger partial charge in [-0.1, -0.05) is 36.4 Å². The lowest BCUT2D eigenvalue weighted by molar-refractivity contribution is 0.380. The molecule has 0 amide bonds. The summed E-state index contributed by atoms with van der Waals surface area (Å²) in [6, 6.07) is 20.7. The van der Waals surface area contributed by atoms with Gasteiger partial charge in [0.2, 0.25) is 0 Å². The molecule has 2 fully saturated rings. The first-order valence-corrected chi connectivity index (χ1v) is 12.4. The van der Waals surface area contributed by atoms with Crippen LogP contribution in [0.1, 0.15) is 0 Å². The van der Waals surface area contributed by atoms with Crippen molar-refractivity contribution in [1.82, 2.24) is 9.80 Å². The minimum absolute atomic E-state index is 0.183. The Hall–Kier alpha value is -3.55. The Balaban J connectivity index is 0.000000208. The zero-order valence-electron chi connectivity index (χ0n) is 19.5. The van der Waals surface area contributed by atoms with Crippen molar-refractivity contribution in [2.45, 2.75) is 0 Å². The van der Waals surface area contributed by atoms with E-state index in [-0.39, 0.29) is 11.9 Å². The number of hydrogen-bond donors (Lipinski definition) is 6. The van der Waals surface area contributed by atoms with Crippen molar-refractivity contribution in [1.29, 1.82) is 10.8 Å². The van der Waals surface area contributed by atoms with E-state index in [0.717, 1.165) is 52.4 Å². The molecular formula is C22H34N8O4S. The second-order valence-corrected chi connectivity index (χ2v) is 8.73. The smallest absolute Gasteiger partial charge is 0.370 e. The van der Waals surface area contributed by atoms with Crippen molar-refractivity contribution in [3.8, 4) is 0 Å². The van der Waals surface area contributed by atoms with E-state index in [1.807, 2.05) is 46.2 Å². The van der Waals surface area contributed by atoms with Crippen molar-refractivity contribution in [2.24, 2.45) is 11.5 Å². The molecule has 8 N–H and O–H groups in total. The minimum atomic E-state index is -4.67. The third-order valence-corrected chi connectivity index (χ3v) is 5.48. The molecule has 13 heteroatoms. The summed E-state index contributed by atoms with van der Waals surface area (Å²) in [6.45, 7) is 7.09. The predicted octanol–water partition coefficient (Wildman–Crippen LogP) is 0.751. The summed E-state index contributed by atoms with van der Waals surface area (Å²) >= 11 is 0. The number of nitrogens with one attached hydrogen (secondary N) is 2. The quantitative estimate of drug-likeness (QED) is 0.193. The van der Waals surface area contributed by atoms with Gasteiger partial charge in [-0.05, 0) is 24.3 Å². The second-order valence-electron chi connectivity index (χ2n) is 7.84. The predicted molar refractivity (Wildman–Crippen MR) is 138 cm³/mol. The molecule has 0 saturated carbocycles. The summed E-state index contributed by atoms with van der Waals surface area (Å²) in [4.78, 5) is 8.44. The molecular weight excluding hydrogens is 472 g/mol. The Labute approximate surface area is 206 Å². The van der Waals surface area contributed by atoms with Crippen LogP contribution in [0.25, 0.3) is 0 Å². The second kappa shape index (κ2) is 13.4. The van der Waals surface area contributed by atoms with E-state index in [1.54, 1.807) is 0 Å². The lowest BCUT2D eigenvalue weighted by Gasteiger charge is -2.36. The summed E-state index contributed by atoms with van der Waals surface area (Å²) in [5.74, 6) is 0.366. The Morgan fingerprint density at radius 3 is 1.11 bits per heavy atom. The van der Waals surface area contributed by atoms with Gasteiger partial charge in [-0.15, -0.1) is 0 Å². The first kappa shape index (κ1) is 27.7. The molecule has 35 heavy (non-hydrogen) atoms. The first-order valence-electron chi connectivity index (χ1n) is 11.0. The van der Waals surface area contributed by atoms with Crippen molar-refractivity contribution in [2.75, 3.05) is 62.2 Å². The van der Waals surface area contributed by atoms with E-state index in [2.05, 4.69) is 34.1 Å². The molecule has 0 radical (unpaired) electrons. The van der Waals surface area contributed by atoms with Crippen LogP contribution in [0.3, 0.4) is 0 Å². The van der Waals surface area contributed by atoms with Gasteiger partial charge >= 0.3 is 10.4 Å². The third-order valence-electron chi connectivity index (χ3n) is 5.48. The number of anilines is 2. The average molecular weight is 507 g/mol. The summed E-state index contributed by atoms with van der Waals surface area (Å²) in [5, 5.41) is 14.7. The molecule has 4 rings (SSSR count). The first-order chi connectivity index (χ1) is 16.5. The lowest BCUT2D eigenvalue weighted by atomic mass is 10.2. The van der Waals surface area contributed by atoms with E-state index >= 15 is 0 Å². The van der Waals surface area contributed by atoms with Gasteiger partial charge in [-0.25, -0.2) is 0 Å². The topological polar surface area (TPSA) is 187 Å². The number of guanidine groups is 2. The molecule has 2 saturated heterocycles. The molecule has 0 aliphatic carbocycles. The van der Waals surface area contributed by atoms with Gasteiger partial charge in [0.25, 0.3) is 0 Å². The maximum Gasteiger partial charge on any atom is 0.394 e. The molecule has 12 nitrogen and oxygen atoms in total. The molecule has 2 aromatic rings. The number of rotatable bonds is 2. The zero-order valence-corrected chi connectivity index (χ0v) is 20.3. The zero-order chi connectivity index (χ0) is 25.8. The number of piperazine rings is 2. The van der Waals surface area contributed by atoms with Crippen LogP contribution in [0.5, 0.6) is 0 Å². The highest BCUT2D eigenvalue weighted by Crippen LogP contribution is 2.16. The molecule has 2 aromatic carbocycles. The normalized spacial score (nSPS) is 15.8. The van der Waals surface area contributed by atoms with E-state index in [9.17, 15) is 0 Å². The number of nitrogens with two attached hydrogens (primary N) is 2. The molecule has 0 spiro atoms. The van der Waals surface area contributed by atoms with Crippen LogP contribution < -0.4 is 21.3 Å². The number of benzene rings is 2. The molecule has 0 atom stereocenters. The highest BCUT2D eigenvalue weighted by molar-refractivity contribution is 7.79. The molecule has 2 aliphatic rings. The Kier molecular flexibility index (Phi) is 10.6. The number of para-hydroxylation sites is 2. The van der Waals surface area contributed by atoms with Gasteiger partial charge in [0.1, 0.15) is 0 Å². The fourth-order valence-electron chi connectivity index (χ4n) is 3.69. The van der Waals surface area contributed by atoms with Crippen LogP contribution >= 0.6 is 0 Å². The van der Waals surface area contributed by atoms with Crippen molar-refractivity contribution >= 4 is 33.7 Å². The highest BCUT2D eigenvalue weighted by Gasteiger charge is 2.18. The molecule has 0 unspecified atom stereocenters. The van der Waals surface area contributed by atoms with Crippen LogP contribution in [-0.4, -0.2) is 91.6 Å². The van der Waals surface area contributed by atoms with Crippen molar-refractivity contribution in [3.63, 3.8) is 0 Å². The fraction of sp³-hybridized carbons (Fsp3) is 0.364. The molecule has 192 valence electrons. The highest BCUT2D eigenvalue weighted by atomic mass is 32.3. The van der Waals surface area contributed by atoms with E-state index in [4.69, 9.17) is 39.8 Å². The maximum absolute atomic E-state index is 8.74. The monoisotopic (exact) mass is 506 g/mol. The minimum Gasteiger partial charge on any atom is -0.370 e. The van der Waals surface area contributed by atoms with Crippen LogP contribution in [0.15, 0.2) is 60.7 Å². The molecule has 0 bridgehead atoms. The molecule has 0 aromatic heterocycles. The largest absolute Gasteiger partial charge is 0.394 e. The van der Waals surface area contributed by atoms with E-state index in [1.165, 1.54) is 11.4 Å². The lowest BCUT2D eigenvalue weighted by Crippen LogP contribution is -2.50. The average Bonchev–Trinajstić information content (AvgIpc) is 2.85. The Morgan fingerprint density at radius 1 is 0.629 bits per heavy atom. The fourth-order valence-corrected chi connectivity index (χ4v) is 3.69. The van der Waals surface area contributed by atoms with Gasteiger partial charge in [-0.3, -0.25) is 19.9 Å². The van der Waals surface area contributed by atoms with E-state index in [0.29, 0.717) is 0 Å². The van der Waals surface area contributed by atoms with Gasteiger partial charge in [-0.2, -0.15) is 8.42 Å². The molecule has 2 heterocycles. The van der Waals surface area contributed by atoms with Crippen LogP contribution in [0.4, 0.5) is 11.4 Å². The Morgan fingerprint density at radius 2 is 0.886 bits per heavy atom. The SMILES string of the molecule is N=C(N)N1CCN(c2ccccc2)CC1.N=C(N)N1CCN(c2ccccc2)CC1.O=S(=O)(O)O. The summed E-state index contributed by atoms with van der Waals surface area (Å²) in [7, 11) is -4.67. The Bertz CT molecular complexity index is 946. The van der Waals surface area contributed by atoms with Crippen LogP contribution in [0.2, 0.25) is 0 Å². The van der Waals surface area contributed by atoms with Gasteiger partial charge in [0.15, 0.2) is 11.9 Å². The van der Waals surface area contributed by atoms with Gasteiger partial charge < -0.3 is 31.1 Å². The summed E-state index contributed by atoms with van der Waals surface area (Å²) in [5.41, 5.74) is 13.4. The van der Waals surface area contributed by atoms with Crippen molar-refractivity contribution < 1.29 is 17.5 Å². The van der Waals surface area contributed by atoms with Gasteiger partial charge in [0.05, 0.1) is 0 Å². The molecule has 2 aliphatic heterocycles. The standard InChI is InChI=1S/2C11H16N4.H2O4S/c2*12-11(13)15-8-6-14(7-9-15)10-4-2-1-3-5-10;1-5(2,3)4/h2*1-5H,6-9H2,(H3,12,13);(H2,1,2,3,4). The van der Waals surface area contributed by atoms with Crippen LogP contribution in [0, 0.1) is 10.8 Å². The number of nitrogens with zero attached hydrogens (tertiary/aromatic N) is 4.